The lowest BCUT2D eigenvalue weighted by molar-refractivity contribution is 0.249. The molecule has 0 amide bonds. The number of aryl methyl sites for hydroxylation is 1. The van der Waals surface area contributed by atoms with Crippen LogP contribution in [0.15, 0.2) is 36.7 Å². The maximum atomic E-state index is 4.74. The summed E-state index contributed by atoms with van der Waals surface area (Å²) in [6, 6.07) is 10.8. The average Bonchev–Trinajstić information content (AvgIpc) is 3.07. The second-order valence-corrected chi connectivity index (χ2v) is 9.06. The molecule has 3 aromatic rings. The summed E-state index contributed by atoms with van der Waals surface area (Å²) in [5.41, 5.74) is 2.94. The third-order valence-corrected chi connectivity index (χ3v) is 7.15. The molecular weight excluding hydrogens is 352 g/mol. The van der Waals surface area contributed by atoms with Crippen LogP contribution in [-0.4, -0.2) is 41.0 Å². The number of benzene rings is 1. The van der Waals surface area contributed by atoms with E-state index in [9.17, 15) is 0 Å². The predicted octanol–water partition coefficient (Wildman–Crippen LogP) is 4.14. The second kappa shape index (κ2) is 7.21. The Morgan fingerprint density at radius 2 is 1.89 bits per heavy atom. The maximum absolute atomic E-state index is 4.74. The van der Waals surface area contributed by atoms with Crippen molar-refractivity contribution < 1.29 is 0 Å². The quantitative estimate of drug-likeness (QED) is 0.686. The molecule has 1 aromatic carbocycles. The smallest absolute Gasteiger partial charge is 0.141 e. The van der Waals surface area contributed by atoms with Crippen LogP contribution >= 0.6 is 11.3 Å². The number of piperazine rings is 1. The molecule has 0 radical (unpaired) electrons. The molecule has 1 atom stereocenters. The molecule has 5 heteroatoms. The highest BCUT2D eigenvalue weighted by Crippen LogP contribution is 2.40. The van der Waals surface area contributed by atoms with E-state index >= 15 is 0 Å². The zero-order chi connectivity index (χ0) is 18.2. The molecule has 1 aliphatic carbocycles. The summed E-state index contributed by atoms with van der Waals surface area (Å²) in [5, 5.41) is 1.35. The first-order chi connectivity index (χ1) is 13.3. The number of rotatable bonds is 3. The third kappa shape index (κ3) is 3.34. The van der Waals surface area contributed by atoms with Gasteiger partial charge in [-0.3, -0.25) is 4.90 Å². The summed E-state index contributed by atoms with van der Waals surface area (Å²) < 4.78 is 0. The normalized spacial score (nSPS) is 20.8. The molecule has 0 N–H and O–H groups in total. The predicted molar refractivity (Wildman–Crippen MR) is 113 cm³/mol. The number of hydrogen-bond donors (Lipinski definition) is 0. The van der Waals surface area contributed by atoms with Crippen molar-refractivity contribution in [2.45, 2.75) is 32.7 Å². The minimum atomic E-state index is 0.795. The molecule has 3 heterocycles. The van der Waals surface area contributed by atoms with E-state index in [2.05, 4.69) is 52.0 Å². The van der Waals surface area contributed by atoms with E-state index < -0.39 is 0 Å². The van der Waals surface area contributed by atoms with Crippen LogP contribution in [0.4, 0.5) is 5.82 Å². The number of nitrogens with zero attached hydrogens (tertiary/aromatic N) is 4. The van der Waals surface area contributed by atoms with E-state index in [0.29, 0.717) is 0 Å². The van der Waals surface area contributed by atoms with Gasteiger partial charge < -0.3 is 4.90 Å². The fourth-order valence-electron chi connectivity index (χ4n) is 4.46. The van der Waals surface area contributed by atoms with Crippen LogP contribution in [0.2, 0.25) is 0 Å². The zero-order valence-corrected chi connectivity index (χ0v) is 16.7. The third-order valence-electron chi connectivity index (χ3n) is 5.99. The largest absolute Gasteiger partial charge is 0.353 e. The summed E-state index contributed by atoms with van der Waals surface area (Å²) in [4.78, 5) is 17.1. The average molecular weight is 379 g/mol. The summed E-state index contributed by atoms with van der Waals surface area (Å²) in [7, 11) is 0. The molecule has 5 rings (SSSR count). The number of aromatic nitrogens is 2. The first-order valence-electron chi connectivity index (χ1n) is 10.0. The van der Waals surface area contributed by atoms with Crippen LogP contribution in [0, 0.1) is 5.92 Å². The van der Waals surface area contributed by atoms with E-state index in [-0.39, 0.29) is 0 Å². The summed E-state index contributed by atoms with van der Waals surface area (Å²) in [6.07, 6.45) is 5.45. The van der Waals surface area contributed by atoms with E-state index in [0.717, 1.165) is 38.6 Å². The molecule has 27 heavy (non-hydrogen) atoms. The molecular formula is C22H26N4S. The van der Waals surface area contributed by atoms with Gasteiger partial charge >= 0.3 is 0 Å². The fourth-order valence-corrected chi connectivity index (χ4v) is 5.80. The van der Waals surface area contributed by atoms with Gasteiger partial charge in [-0.2, -0.15) is 0 Å². The molecule has 2 aromatic heterocycles. The van der Waals surface area contributed by atoms with Crippen molar-refractivity contribution in [3.63, 3.8) is 0 Å². The lowest BCUT2D eigenvalue weighted by atomic mass is 9.89. The second-order valence-electron chi connectivity index (χ2n) is 7.98. The molecule has 4 nitrogen and oxygen atoms in total. The Bertz CT molecular complexity index is 928. The Morgan fingerprint density at radius 1 is 1.07 bits per heavy atom. The van der Waals surface area contributed by atoms with Gasteiger partial charge in [0.05, 0.1) is 5.39 Å². The van der Waals surface area contributed by atoms with Crippen LogP contribution in [0.25, 0.3) is 10.2 Å². The van der Waals surface area contributed by atoms with Crippen LogP contribution in [0.3, 0.4) is 0 Å². The highest BCUT2D eigenvalue weighted by Gasteiger charge is 2.26. The highest BCUT2D eigenvalue weighted by atomic mass is 32.1. The zero-order valence-electron chi connectivity index (χ0n) is 15.9. The van der Waals surface area contributed by atoms with Crippen LogP contribution in [0.1, 0.15) is 29.3 Å². The molecule has 0 bridgehead atoms. The van der Waals surface area contributed by atoms with Crippen molar-refractivity contribution in [1.82, 2.24) is 14.9 Å². The van der Waals surface area contributed by atoms with Gasteiger partial charge in [0.1, 0.15) is 17.0 Å². The van der Waals surface area contributed by atoms with Gasteiger partial charge in [0.15, 0.2) is 0 Å². The summed E-state index contributed by atoms with van der Waals surface area (Å²) in [5.74, 6) is 1.97. The van der Waals surface area contributed by atoms with Crippen molar-refractivity contribution in [3.8, 4) is 0 Å². The molecule has 1 aliphatic heterocycles. The molecule has 1 saturated heterocycles. The first kappa shape index (κ1) is 17.1. The first-order valence-corrected chi connectivity index (χ1v) is 10.9. The van der Waals surface area contributed by atoms with E-state index in [1.807, 2.05) is 11.3 Å². The topological polar surface area (TPSA) is 32.3 Å². The Hall–Kier alpha value is -1.98. The van der Waals surface area contributed by atoms with Crippen molar-refractivity contribution >= 4 is 27.4 Å². The van der Waals surface area contributed by atoms with Crippen molar-refractivity contribution in [2.24, 2.45) is 5.92 Å². The lowest BCUT2D eigenvalue weighted by Gasteiger charge is -2.35. The van der Waals surface area contributed by atoms with E-state index in [1.165, 1.54) is 46.4 Å². The van der Waals surface area contributed by atoms with Gasteiger partial charge in [0.25, 0.3) is 0 Å². The summed E-state index contributed by atoms with van der Waals surface area (Å²) in [6.45, 7) is 7.67. The Kier molecular flexibility index (Phi) is 4.58. The fraction of sp³-hybridized carbons (Fsp3) is 0.455. The lowest BCUT2D eigenvalue weighted by Crippen LogP contribution is -2.46. The maximum Gasteiger partial charge on any atom is 0.141 e. The van der Waals surface area contributed by atoms with Gasteiger partial charge in [-0.05, 0) is 36.3 Å². The number of thiophene rings is 1. The van der Waals surface area contributed by atoms with E-state index in [4.69, 9.17) is 4.98 Å². The van der Waals surface area contributed by atoms with Crippen LogP contribution < -0.4 is 4.90 Å². The standard InChI is InChI=1S/C22H26N4S/c1-16-7-8-18-19(13-16)27-22-20(18)21(23-15-24-22)26-11-9-25(10-12-26)14-17-5-3-2-4-6-17/h2-6,15-16H,7-14H2,1H3/t16-/m0/s1. The Morgan fingerprint density at radius 3 is 2.70 bits per heavy atom. The number of fused-ring (bicyclic) bond motifs is 3. The molecule has 140 valence electrons. The van der Waals surface area contributed by atoms with Gasteiger partial charge in [-0.25, -0.2) is 9.97 Å². The number of hydrogen-bond acceptors (Lipinski definition) is 5. The molecule has 1 fully saturated rings. The molecule has 2 aliphatic rings. The van der Waals surface area contributed by atoms with Crippen molar-refractivity contribution in [2.75, 3.05) is 31.1 Å². The minimum absolute atomic E-state index is 0.795. The van der Waals surface area contributed by atoms with Crippen LogP contribution in [0.5, 0.6) is 0 Å². The van der Waals surface area contributed by atoms with Crippen molar-refractivity contribution in [1.29, 1.82) is 0 Å². The van der Waals surface area contributed by atoms with Crippen LogP contribution in [-0.2, 0) is 19.4 Å². The highest BCUT2D eigenvalue weighted by molar-refractivity contribution is 7.19. The van der Waals surface area contributed by atoms with Gasteiger partial charge in [0, 0.05) is 37.6 Å². The molecule has 0 unspecified atom stereocenters. The van der Waals surface area contributed by atoms with E-state index in [1.54, 1.807) is 11.2 Å². The van der Waals surface area contributed by atoms with Gasteiger partial charge in [0.2, 0.25) is 0 Å². The molecule has 0 saturated carbocycles. The summed E-state index contributed by atoms with van der Waals surface area (Å²) >= 11 is 1.90. The minimum Gasteiger partial charge on any atom is -0.353 e. The van der Waals surface area contributed by atoms with Gasteiger partial charge in [-0.1, -0.05) is 37.3 Å². The Labute approximate surface area is 164 Å². The molecule has 0 spiro atoms. The van der Waals surface area contributed by atoms with Gasteiger partial charge in [-0.15, -0.1) is 11.3 Å². The Balaban J connectivity index is 1.36. The van der Waals surface area contributed by atoms with Crippen molar-refractivity contribution in [3.05, 3.63) is 52.7 Å². The monoisotopic (exact) mass is 378 g/mol. The SMILES string of the molecule is C[C@H]1CCc2c(sc3ncnc(N4CCN(Cc5ccccc5)CC4)c23)C1. The number of anilines is 1.